The first kappa shape index (κ1) is 4.50. The Morgan fingerprint density at radius 2 is 2.57 bits per heavy atom. The Morgan fingerprint density at radius 3 is 2.71 bits per heavy atom. The van der Waals surface area contributed by atoms with Crippen LogP contribution >= 0.6 is 0 Å². The lowest BCUT2D eigenvalue weighted by molar-refractivity contribution is 0.884. The van der Waals surface area contributed by atoms with Gasteiger partial charge in [-0.2, -0.15) is 10.2 Å². The highest BCUT2D eigenvalue weighted by Gasteiger charge is 2.08. The topological polar surface area (TPSA) is 24.7 Å². The molecule has 0 N–H and O–H groups in total. The third kappa shape index (κ3) is 0.683. The molecule has 0 aromatic heterocycles. The van der Waals surface area contributed by atoms with Crippen LogP contribution in [-0.2, 0) is 0 Å². The summed E-state index contributed by atoms with van der Waals surface area (Å²) in [6, 6.07) is 0.278. The molecule has 0 aliphatic carbocycles. The maximum Gasteiger partial charge on any atom is 0.0905 e. The summed E-state index contributed by atoms with van der Waals surface area (Å²) in [6.07, 6.45) is 0. The normalized spacial score (nSPS) is 29.3. The Kier molecular flexibility index (Phi) is 0.929. The van der Waals surface area contributed by atoms with E-state index >= 15 is 0 Å². The summed E-state index contributed by atoms with van der Waals surface area (Å²) < 4.78 is 0. The molecule has 1 atom stereocenters. The van der Waals surface area contributed by atoms with Gasteiger partial charge in [-0.05, 0) is 12.5 Å². The average Bonchev–Trinajstić information content (AvgIpc) is 1.91. The lowest BCUT2D eigenvalue weighted by atomic mass is 10.2. The SMILES string of the molecule is C=C1CN=NC1C. The van der Waals surface area contributed by atoms with E-state index in [1.54, 1.807) is 0 Å². The first-order valence-corrected chi connectivity index (χ1v) is 2.35. The first-order valence-electron chi connectivity index (χ1n) is 2.35. The van der Waals surface area contributed by atoms with Crippen molar-refractivity contribution in [3.63, 3.8) is 0 Å². The quantitative estimate of drug-likeness (QED) is 0.407. The Balaban J connectivity index is 2.62. The Bertz CT molecular complexity index is 115. The van der Waals surface area contributed by atoms with Crippen LogP contribution in [-0.4, -0.2) is 12.6 Å². The van der Waals surface area contributed by atoms with Crippen LogP contribution in [0, 0.1) is 0 Å². The van der Waals surface area contributed by atoms with Crippen molar-refractivity contribution in [3.8, 4) is 0 Å². The minimum Gasteiger partial charge on any atom is -0.189 e. The summed E-state index contributed by atoms with van der Waals surface area (Å²) in [5.41, 5.74) is 1.13. The van der Waals surface area contributed by atoms with E-state index in [0.717, 1.165) is 12.1 Å². The number of azo groups is 1. The fraction of sp³-hybridized carbons (Fsp3) is 0.600. The van der Waals surface area contributed by atoms with Crippen molar-refractivity contribution in [3.05, 3.63) is 12.2 Å². The van der Waals surface area contributed by atoms with E-state index in [4.69, 9.17) is 0 Å². The summed E-state index contributed by atoms with van der Waals surface area (Å²) in [5, 5.41) is 7.61. The number of hydrogen-bond acceptors (Lipinski definition) is 2. The van der Waals surface area contributed by atoms with Gasteiger partial charge in [0.05, 0.1) is 12.6 Å². The molecular formula is C5H8N2. The molecular weight excluding hydrogens is 88.1 g/mol. The van der Waals surface area contributed by atoms with Crippen molar-refractivity contribution in [1.82, 2.24) is 0 Å². The minimum atomic E-state index is 0.278. The maximum atomic E-state index is 3.84. The zero-order chi connectivity index (χ0) is 5.28. The summed E-state index contributed by atoms with van der Waals surface area (Å²) >= 11 is 0. The minimum absolute atomic E-state index is 0.278. The van der Waals surface area contributed by atoms with Gasteiger partial charge in [-0.3, -0.25) is 0 Å². The van der Waals surface area contributed by atoms with Gasteiger partial charge in [0.25, 0.3) is 0 Å². The van der Waals surface area contributed by atoms with Gasteiger partial charge in [0.15, 0.2) is 0 Å². The smallest absolute Gasteiger partial charge is 0.0905 e. The molecule has 0 aromatic carbocycles. The third-order valence-electron chi connectivity index (χ3n) is 1.12. The summed E-state index contributed by atoms with van der Waals surface area (Å²) in [4.78, 5) is 0. The van der Waals surface area contributed by atoms with E-state index in [1.807, 2.05) is 6.92 Å². The van der Waals surface area contributed by atoms with E-state index in [9.17, 15) is 0 Å². The molecule has 38 valence electrons. The zero-order valence-electron chi connectivity index (χ0n) is 4.39. The Labute approximate surface area is 43.0 Å². The molecule has 0 bridgehead atoms. The summed E-state index contributed by atoms with van der Waals surface area (Å²) in [6.45, 7) is 6.48. The van der Waals surface area contributed by atoms with Crippen LogP contribution in [0.5, 0.6) is 0 Å². The molecule has 1 rings (SSSR count). The van der Waals surface area contributed by atoms with Crippen molar-refractivity contribution in [2.24, 2.45) is 10.2 Å². The second kappa shape index (κ2) is 1.45. The Hall–Kier alpha value is -0.660. The number of nitrogens with zero attached hydrogens (tertiary/aromatic N) is 2. The molecule has 0 amide bonds. The van der Waals surface area contributed by atoms with Crippen LogP contribution in [0.25, 0.3) is 0 Å². The fourth-order valence-electron chi connectivity index (χ4n) is 0.468. The molecule has 1 aliphatic rings. The number of rotatable bonds is 0. The van der Waals surface area contributed by atoms with Crippen molar-refractivity contribution >= 4 is 0 Å². The molecule has 1 heterocycles. The van der Waals surface area contributed by atoms with E-state index in [0.29, 0.717) is 0 Å². The predicted molar refractivity (Wildman–Crippen MR) is 28.3 cm³/mol. The fourth-order valence-corrected chi connectivity index (χ4v) is 0.468. The van der Waals surface area contributed by atoms with Crippen LogP contribution in [0.2, 0.25) is 0 Å². The molecule has 2 heteroatoms. The third-order valence-corrected chi connectivity index (χ3v) is 1.12. The van der Waals surface area contributed by atoms with Gasteiger partial charge in [0, 0.05) is 0 Å². The Morgan fingerprint density at radius 1 is 1.86 bits per heavy atom. The van der Waals surface area contributed by atoms with Crippen LogP contribution in [0.15, 0.2) is 22.4 Å². The molecule has 0 spiro atoms. The monoisotopic (exact) mass is 96.1 g/mol. The predicted octanol–water partition coefficient (Wildman–Crippen LogP) is 1.40. The maximum absolute atomic E-state index is 3.84. The molecule has 7 heavy (non-hydrogen) atoms. The van der Waals surface area contributed by atoms with Crippen molar-refractivity contribution in [2.75, 3.05) is 6.54 Å². The molecule has 0 saturated heterocycles. The van der Waals surface area contributed by atoms with Gasteiger partial charge in [-0.15, -0.1) is 0 Å². The second-order valence-electron chi connectivity index (χ2n) is 1.75. The average molecular weight is 96.1 g/mol. The number of hydrogen-bond donors (Lipinski definition) is 0. The van der Waals surface area contributed by atoms with Gasteiger partial charge in [-0.1, -0.05) is 6.58 Å². The van der Waals surface area contributed by atoms with Crippen molar-refractivity contribution in [2.45, 2.75) is 13.0 Å². The molecule has 0 aromatic rings. The molecule has 1 aliphatic heterocycles. The van der Waals surface area contributed by atoms with Gasteiger partial charge in [0.2, 0.25) is 0 Å². The van der Waals surface area contributed by atoms with E-state index in [-0.39, 0.29) is 6.04 Å². The molecule has 0 saturated carbocycles. The lowest BCUT2D eigenvalue weighted by Gasteiger charge is -1.92. The van der Waals surface area contributed by atoms with E-state index in [2.05, 4.69) is 16.8 Å². The summed E-state index contributed by atoms with van der Waals surface area (Å²) in [7, 11) is 0. The largest absolute Gasteiger partial charge is 0.189 e. The van der Waals surface area contributed by atoms with E-state index in [1.165, 1.54) is 0 Å². The highest BCUT2D eigenvalue weighted by atomic mass is 15.2. The summed E-state index contributed by atoms with van der Waals surface area (Å²) in [5.74, 6) is 0. The first-order chi connectivity index (χ1) is 3.30. The second-order valence-corrected chi connectivity index (χ2v) is 1.75. The molecule has 0 fully saturated rings. The van der Waals surface area contributed by atoms with Gasteiger partial charge < -0.3 is 0 Å². The van der Waals surface area contributed by atoms with Crippen molar-refractivity contribution in [1.29, 1.82) is 0 Å². The van der Waals surface area contributed by atoms with E-state index < -0.39 is 0 Å². The lowest BCUT2D eigenvalue weighted by Crippen LogP contribution is -1.94. The van der Waals surface area contributed by atoms with Crippen LogP contribution in [0.4, 0.5) is 0 Å². The standard InChI is InChI=1S/C5H8N2/c1-4-3-6-7-5(4)2/h5H,1,3H2,2H3. The van der Waals surface area contributed by atoms with Crippen LogP contribution < -0.4 is 0 Å². The molecule has 2 nitrogen and oxygen atoms in total. The van der Waals surface area contributed by atoms with Gasteiger partial charge in [-0.25, -0.2) is 0 Å². The highest BCUT2D eigenvalue weighted by Crippen LogP contribution is 2.10. The molecule has 0 radical (unpaired) electrons. The van der Waals surface area contributed by atoms with Crippen LogP contribution in [0.3, 0.4) is 0 Å². The van der Waals surface area contributed by atoms with Gasteiger partial charge in [0.1, 0.15) is 0 Å². The van der Waals surface area contributed by atoms with Crippen LogP contribution in [0.1, 0.15) is 6.92 Å². The van der Waals surface area contributed by atoms with Crippen molar-refractivity contribution < 1.29 is 0 Å². The van der Waals surface area contributed by atoms with Gasteiger partial charge >= 0.3 is 0 Å². The zero-order valence-corrected chi connectivity index (χ0v) is 4.39. The highest BCUT2D eigenvalue weighted by molar-refractivity contribution is 5.08. The molecule has 1 unspecified atom stereocenters.